The van der Waals surface area contributed by atoms with Gasteiger partial charge in [-0.15, -0.1) is 0 Å². The van der Waals surface area contributed by atoms with Gasteiger partial charge in [-0.05, 0) is 36.2 Å². The third-order valence-electron chi connectivity index (χ3n) is 4.77. The van der Waals surface area contributed by atoms with Gasteiger partial charge in [-0.3, -0.25) is 14.7 Å². The number of aromatic nitrogens is 1. The van der Waals surface area contributed by atoms with Crippen molar-refractivity contribution in [3.63, 3.8) is 0 Å². The van der Waals surface area contributed by atoms with Crippen molar-refractivity contribution in [1.82, 2.24) is 9.88 Å². The summed E-state index contributed by atoms with van der Waals surface area (Å²) in [4.78, 5) is 19.0. The summed E-state index contributed by atoms with van der Waals surface area (Å²) in [6.07, 6.45) is 4.57. The highest BCUT2D eigenvalue weighted by Crippen LogP contribution is 2.33. The maximum atomic E-state index is 12.6. The first-order valence-electron chi connectivity index (χ1n) is 8.40. The number of carbonyl (C=O) groups excluding carboxylic acids is 1. The largest absolute Gasteiger partial charge is 0.371 e. The number of fused-ring (bicyclic) bond motifs is 2. The SMILES string of the molecule is O=C(Nc1ccccc1)[C@@H]1C[C@H]2CN(Cc3ccncc3)C[C@@H]1O2. The highest BCUT2D eigenvalue weighted by Gasteiger charge is 2.44. The van der Waals surface area contributed by atoms with Gasteiger partial charge in [-0.25, -0.2) is 0 Å². The fourth-order valence-electron chi connectivity index (χ4n) is 3.65. The van der Waals surface area contributed by atoms with E-state index in [0.717, 1.165) is 31.7 Å². The second-order valence-corrected chi connectivity index (χ2v) is 6.54. The third-order valence-corrected chi connectivity index (χ3v) is 4.77. The molecule has 3 heterocycles. The fourth-order valence-corrected chi connectivity index (χ4v) is 3.65. The van der Waals surface area contributed by atoms with Crippen LogP contribution in [0, 0.1) is 5.92 Å². The molecule has 0 radical (unpaired) electrons. The van der Waals surface area contributed by atoms with Crippen LogP contribution in [-0.4, -0.2) is 41.1 Å². The molecule has 2 bridgehead atoms. The molecule has 1 N–H and O–H groups in total. The molecule has 2 aliphatic rings. The fraction of sp³-hybridized carbons (Fsp3) is 0.368. The van der Waals surface area contributed by atoms with Crippen molar-refractivity contribution in [2.24, 2.45) is 5.92 Å². The molecule has 1 aromatic carbocycles. The molecule has 1 aromatic heterocycles. The van der Waals surface area contributed by atoms with Crippen molar-refractivity contribution in [3.8, 4) is 0 Å². The Bertz CT molecular complexity index is 692. The standard InChI is InChI=1S/C19H21N3O2/c23-19(21-15-4-2-1-3-5-15)17-10-16-12-22(13-18(17)24-16)11-14-6-8-20-9-7-14/h1-9,16-18H,10-13H2,(H,21,23)/t16-,17+,18-/m0/s1. The molecule has 0 unspecified atom stereocenters. The average molecular weight is 323 g/mol. The summed E-state index contributed by atoms with van der Waals surface area (Å²) >= 11 is 0. The highest BCUT2D eigenvalue weighted by atomic mass is 16.5. The first-order valence-corrected chi connectivity index (χ1v) is 8.40. The van der Waals surface area contributed by atoms with Crippen molar-refractivity contribution in [2.45, 2.75) is 25.2 Å². The number of hydrogen-bond donors (Lipinski definition) is 1. The molecular formula is C19H21N3O2. The summed E-state index contributed by atoms with van der Waals surface area (Å²) in [7, 11) is 0. The second kappa shape index (κ2) is 6.71. The molecule has 2 saturated heterocycles. The van der Waals surface area contributed by atoms with Gasteiger partial charge in [0.05, 0.1) is 18.1 Å². The summed E-state index contributed by atoms with van der Waals surface area (Å²) < 4.78 is 6.02. The number of nitrogens with one attached hydrogen (secondary N) is 1. The zero-order chi connectivity index (χ0) is 16.4. The van der Waals surface area contributed by atoms with Crippen LogP contribution in [0.4, 0.5) is 5.69 Å². The molecule has 5 heteroatoms. The summed E-state index contributed by atoms with van der Waals surface area (Å²) in [5.41, 5.74) is 2.09. The van der Waals surface area contributed by atoms with E-state index in [9.17, 15) is 4.79 Å². The van der Waals surface area contributed by atoms with Crippen LogP contribution in [-0.2, 0) is 16.1 Å². The number of para-hydroxylation sites is 1. The smallest absolute Gasteiger partial charge is 0.230 e. The number of benzene rings is 1. The van der Waals surface area contributed by atoms with Crippen LogP contribution in [0.25, 0.3) is 0 Å². The minimum atomic E-state index is -0.0716. The first-order chi connectivity index (χ1) is 11.8. The van der Waals surface area contributed by atoms with Crippen LogP contribution in [0.15, 0.2) is 54.9 Å². The number of ether oxygens (including phenoxy) is 1. The number of rotatable bonds is 4. The number of carbonyl (C=O) groups is 1. The molecule has 2 aliphatic heterocycles. The average Bonchev–Trinajstić information content (AvgIpc) is 2.91. The Balaban J connectivity index is 1.39. The third kappa shape index (κ3) is 3.32. The molecule has 0 saturated carbocycles. The van der Waals surface area contributed by atoms with Crippen molar-refractivity contribution >= 4 is 11.6 Å². The van der Waals surface area contributed by atoms with Gasteiger partial charge in [0.15, 0.2) is 0 Å². The van der Waals surface area contributed by atoms with Crippen LogP contribution in [0.1, 0.15) is 12.0 Å². The summed E-state index contributed by atoms with van der Waals surface area (Å²) in [6.45, 7) is 2.56. The zero-order valence-corrected chi connectivity index (χ0v) is 13.5. The minimum Gasteiger partial charge on any atom is -0.371 e. The van der Waals surface area contributed by atoms with Gasteiger partial charge in [-0.2, -0.15) is 0 Å². The van der Waals surface area contributed by atoms with Crippen LogP contribution in [0.2, 0.25) is 0 Å². The number of likely N-dealkylation sites (tertiary alicyclic amines) is 1. The molecule has 0 aliphatic carbocycles. The maximum absolute atomic E-state index is 12.6. The van der Waals surface area contributed by atoms with Crippen LogP contribution >= 0.6 is 0 Å². The van der Waals surface area contributed by atoms with Gasteiger partial charge < -0.3 is 10.1 Å². The number of amides is 1. The molecule has 1 amide bonds. The number of hydrogen-bond acceptors (Lipinski definition) is 4. The molecule has 2 aromatic rings. The van der Waals surface area contributed by atoms with E-state index in [1.807, 2.05) is 54.9 Å². The lowest BCUT2D eigenvalue weighted by atomic mass is 9.99. The van der Waals surface area contributed by atoms with E-state index in [1.165, 1.54) is 5.56 Å². The van der Waals surface area contributed by atoms with E-state index in [4.69, 9.17) is 4.74 Å². The van der Waals surface area contributed by atoms with Gasteiger partial charge in [0.25, 0.3) is 0 Å². The molecule has 0 spiro atoms. The summed E-state index contributed by atoms with van der Waals surface area (Å²) in [5.74, 6) is -0.00268. The Hall–Kier alpha value is -2.24. The van der Waals surface area contributed by atoms with Crippen molar-refractivity contribution in [3.05, 3.63) is 60.4 Å². The first kappa shape index (κ1) is 15.3. The monoisotopic (exact) mass is 323 g/mol. The van der Waals surface area contributed by atoms with E-state index in [-0.39, 0.29) is 24.0 Å². The minimum absolute atomic E-state index is 0.0192. The number of pyridine rings is 1. The van der Waals surface area contributed by atoms with E-state index < -0.39 is 0 Å². The number of morpholine rings is 1. The van der Waals surface area contributed by atoms with Crippen LogP contribution in [0.5, 0.6) is 0 Å². The Labute approximate surface area is 141 Å². The van der Waals surface area contributed by atoms with Gasteiger partial charge in [0, 0.05) is 37.7 Å². The van der Waals surface area contributed by atoms with Crippen LogP contribution < -0.4 is 5.32 Å². The van der Waals surface area contributed by atoms with E-state index in [1.54, 1.807) is 0 Å². The lowest BCUT2D eigenvalue weighted by molar-refractivity contribution is -0.123. The molecule has 4 rings (SSSR count). The van der Waals surface area contributed by atoms with Crippen molar-refractivity contribution in [2.75, 3.05) is 18.4 Å². The Kier molecular flexibility index (Phi) is 4.28. The van der Waals surface area contributed by atoms with Crippen LogP contribution in [0.3, 0.4) is 0 Å². The maximum Gasteiger partial charge on any atom is 0.230 e. The quantitative estimate of drug-likeness (QED) is 0.938. The van der Waals surface area contributed by atoms with E-state index >= 15 is 0 Å². The molecule has 5 nitrogen and oxygen atoms in total. The summed E-state index contributed by atoms with van der Waals surface area (Å²) in [6, 6.07) is 13.7. The molecule has 3 atom stereocenters. The lowest BCUT2D eigenvalue weighted by Crippen LogP contribution is -2.44. The molecular weight excluding hydrogens is 302 g/mol. The predicted octanol–water partition coefficient (Wildman–Crippen LogP) is 2.31. The highest BCUT2D eigenvalue weighted by molar-refractivity contribution is 5.93. The Morgan fingerprint density at radius 3 is 2.75 bits per heavy atom. The Morgan fingerprint density at radius 1 is 1.17 bits per heavy atom. The number of anilines is 1. The van der Waals surface area contributed by atoms with Gasteiger partial charge in [0.1, 0.15) is 0 Å². The van der Waals surface area contributed by atoms with Gasteiger partial charge in [0.2, 0.25) is 5.91 Å². The normalized spacial score (nSPS) is 26.2. The molecule has 124 valence electrons. The number of nitrogens with zero attached hydrogens (tertiary/aromatic N) is 2. The molecule has 24 heavy (non-hydrogen) atoms. The van der Waals surface area contributed by atoms with E-state index in [2.05, 4.69) is 15.2 Å². The van der Waals surface area contributed by atoms with Gasteiger partial charge >= 0.3 is 0 Å². The lowest BCUT2D eigenvalue weighted by Gasteiger charge is -2.32. The zero-order valence-electron chi connectivity index (χ0n) is 13.5. The van der Waals surface area contributed by atoms with Crippen molar-refractivity contribution in [1.29, 1.82) is 0 Å². The van der Waals surface area contributed by atoms with E-state index in [0.29, 0.717) is 0 Å². The summed E-state index contributed by atoms with van der Waals surface area (Å²) in [5, 5.41) is 3.02. The van der Waals surface area contributed by atoms with Gasteiger partial charge in [-0.1, -0.05) is 18.2 Å². The van der Waals surface area contributed by atoms with Crippen molar-refractivity contribution < 1.29 is 9.53 Å². The topological polar surface area (TPSA) is 54.5 Å². The predicted molar refractivity (Wildman–Crippen MR) is 91.4 cm³/mol. The molecule has 2 fully saturated rings. The Morgan fingerprint density at radius 2 is 1.96 bits per heavy atom. The second-order valence-electron chi connectivity index (χ2n) is 6.54.